The Kier molecular flexibility index (Phi) is 9.51. The maximum absolute atomic E-state index is 14.0. The van der Waals surface area contributed by atoms with Crippen LogP contribution in [0.4, 0.5) is 10.1 Å². The van der Waals surface area contributed by atoms with Gasteiger partial charge in [-0.05, 0) is 56.3 Å². The Morgan fingerprint density at radius 2 is 1.82 bits per heavy atom. The van der Waals surface area contributed by atoms with Crippen LogP contribution in [-0.2, 0) is 4.79 Å². The molecule has 1 aliphatic heterocycles. The van der Waals surface area contributed by atoms with Crippen LogP contribution < -0.4 is 10.6 Å². The van der Waals surface area contributed by atoms with Gasteiger partial charge in [-0.15, -0.1) is 0 Å². The van der Waals surface area contributed by atoms with Crippen molar-refractivity contribution in [1.82, 2.24) is 10.2 Å². The van der Waals surface area contributed by atoms with Crippen LogP contribution in [0.15, 0.2) is 52.3 Å². The van der Waals surface area contributed by atoms with Crippen LogP contribution in [0.5, 0.6) is 0 Å². The number of unbranched alkanes of at least 4 members (excludes halogenated alkanes) is 2. The van der Waals surface area contributed by atoms with Gasteiger partial charge in [-0.25, -0.2) is 4.39 Å². The number of rotatable bonds is 11. The predicted molar refractivity (Wildman–Crippen MR) is 134 cm³/mol. The molecule has 1 heterocycles. The Morgan fingerprint density at radius 1 is 1.09 bits per heavy atom. The molecule has 33 heavy (non-hydrogen) atoms. The van der Waals surface area contributed by atoms with Crippen LogP contribution >= 0.6 is 11.8 Å². The van der Waals surface area contributed by atoms with Crippen LogP contribution in [0, 0.1) is 5.82 Å². The lowest BCUT2D eigenvalue weighted by atomic mass is 10.1. The summed E-state index contributed by atoms with van der Waals surface area (Å²) in [4.78, 5) is 28.8. The largest absolute Gasteiger partial charge is 0.351 e. The molecule has 0 radical (unpaired) electrons. The van der Waals surface area contributed by atoms with Gasteiger partial charge in [0.1, 0.15) is 5.82 Å². The molecule has 0 aliphatic carbocycles. The summed E-state index contributed by atoms with van der Waals surface area (Å²) in [6.07, 6.45) is 6.18. The summed E-state index contributed by atoms with van der Waals surface area (Å²) < 4.78 is 14.0. The van der Waals surface area contributed by atoms with Crippen molar-refractivity contribution in [3.05, 3.63) is 64.3 Å². The number of anilines is 1. The second-order valence-corrected chi connectivity index (χ2v) is 9.19. The first kappa shape index (κ1) is 25.0. The highest BCUT2D eigenvalue weighted by Gasteiger charge is 2.22. The highest BCUT2D eigenvalue weighted by Crippen LogP contribution is 2.39. The number of halogens is 1. The quantitative estimate of drug-likeness (QED) is 0.424. The second-order valence-electron chi connectivity index (χ2n) is 8.10. The Balaban J connectivity index is 1.61. The Morgan fingerprint density at radius 3 is 2.52 bits per heavy atom. The fraction of sp³-hybridized carbons (Fsp3) is 0.385. The van der Waals surface area contributed by atoms with Gasteiger partial charge in [0.15, 0.2) is 0 Å². The lowest BCUT2D eigenvalue weighted by Crippen LogP contribution is -2.36. The van der Waals surface area contributed by atoms with E-state index in [0.29, 0.717) is 28.3 Å². The van der Waals surface area contributed by atoms with Gasteiger partial charge < -0.3 is 15.5 Å². The van der Waals surface area contributed by atoms with Gasteiger partial charge in [0, 0.05) is 29.1 Å². The monoisotopic (exact) mass is 469 g/mol. The van der Waals surface area contributed by atoms with Crippen LogP contribution in [0.2, 0.25) is 0 Å². The van der Waals surface area contributed by atoms with Crippen molar-refractivity contribution in [1.29, 1.82) is 0 Å². The molecule has 1 aliphatic rings. The number of nitrogens with one attached hydrogen (secondary N) is 2. The van der Waals surface area contributed by atoms with Crippen LogP contribution in [0.25, 0.3) is 6.08 Å². The minimum absolute atomic E-state index is 0.157. The molecule has 0 spiro atoms. The van der Waals surface area contributed by atoms with Gasteiger partial charge in [-0.3, -0.25) is 9.59 Å². The molecule has 5 nitrogen and oxygen atoms in total. The third-order valence-corrected chi connectivity index (χ3v) is 6.59. The second kappa shape index (κ2) is 12.6. The van der Waals surface area contributed by atoms with Gasteiger partial charge in [0.2, 0.25) is 0 Å². The summed E-state index contributed by atoms with van der Waals surface area (Å²) >= 11 is 1.27. The van der Waals surface area contributed by atoms with Gasteiger partial charge in [0.25, 0.3) is 11.8 Å². The summed E-state index contributed by atoms with van der Waals surface area (Å²) in [7, 11) is 0. The minimum atomic E-state index is -0.376. The molecule has 0 unspecified atom stereocenters. The smallest absolute Gasteiger partial charge is 0.262 e. The highest BCUT2D eigenvalue weighted by molar-refractivity contribution is 8.04. The molecular formula is C26H32FN3O2S. The first-order chi connectivity index (χ1) is 16.0. The van der Waals surface area contributed by atoms with E-state index in [0.717, 1.165) is 50.2 Å². The zero-order chi connectivity index (χ0) is 23.6. The molecule has 176 valence electrons. The van der Waals surface area contributed by atoms with Crippen molar-refractivity contribution in [2.75, 3.05) is 31.5 Å². The van der Waals surface area contributed by atoms with E-state index in [9.17, 15) is 14.0 Å². The SMILES string of the molecule is CCCCN(CCCC)CCNC(=O)c1ccc2c(c1)NC(=O)C(=Cc1ccccc1F)S2. The summed E-state index contributed by atoms with van der Waals surface area (Å²) in [6, 6.07) is 11.6. The molecular weight excluding hydrogens is 437 g/mol. The number of hydrogen-bond donors (Lipinski definition) is 2. The molecule has 3 rings (SSSR count). The average Bonchev–Trinajstić information content (AvgIpc) is 2.81. The summed E-state index contributed by atoms with van der Waals surface area (Å²) in [5.74, 6) is -0.842. The number of thioether (sulfide) groups is 1. The van der Waals surface area contributed by atoms with E-state index in [1.54, 1.807) is 36.4 Å². The molecule has 0 aromatic heterocycles. The summed E-state index contributed by atoms with van der Waals surface area (Å²) in [5, 5.41) is 5.82. The topological polar surface area (TPSA) is 61.4 Å². The van der Waals surface area contributed by atoms with Crippen LogP contribution in [0.1, 0.15) is 55.5 Å². The molecule has 0 atom stereocenters. The Bertz CT molecular complexity index is 1000. The van der Waals surface area contributed by atoms with Crippen molar-refractivity contribution in [2.45, 2.75) is 44.4 Å². The third kappa shape index (κ3) is 7.17. The van der Waals surface area contributed by atoms with Crippen LogP contribution in [0.3, 0.4) is 0 Å². The van der Waals surface area contributed by atoms with E-state index < -0.39 is 0 Å². The summed E-state index contributed by atoms with van der Waals surface area (Å²) in [6.45, 7) is 7.89. The third-order valence-electron chi connectivity index (χ3n) is 5.49. The zero-order valence-electron chi connectivity index (χ0n) is 19.3. The predicted octanol–water partition coefficient (Wildman–Crippen LogP) is 5.54. The lowest BCUT2D eigenvalue weighted by molar-refractivity contribution is -0.112. The number of carbonyl (C=O) groups is 2. The van der Waals surface area contributed by atoms with E-state index in [4.69, 9.17) is 0 Å². The molecule has 0 bridgehead atoms. The standard InChI is InChI=1S/C26H32FN3O2S/c1-3-5-14-30(15-6-4-2)16-13-28-25(31)20-11-12-23-22(17-20)29-26(32)24(33-23)18-19-9-7-8-10-21(19)27/h7-12,17-18H,3-6,13-16H2,1-2H3,(H,28,31)(H,29,32). The van der Waals surface area contributed by atoms with Crippen molar-refractivity contribution in [2.24, 2.45) is 0 Å². The number of nitrogens with zero attached hydrogens (tertiary/aromatic N) is 1. The van der Waals surface area contributed by atoms with Crippen molar-refractivity contribution >= 4 is 35.3 Å². The molecule has 2 aromatic carbocycles. The van der Waals surface area contributed by atoms with Gasteiger partial charge in [-0.1, -0.05) is 56.7 Å². The molecule has 2 N–H and O–H groups in total. The first-order valence-corrected chi connectivity index (χ1v) is 12.4. The van der Waals surface area contributed by atoms with Crippen molar-refractivity contribution in [3.8, 4) is 0 Å². The lowest BCUT2D eigenvalue weighted by Gasteiger charge is -2.22. The number of benzene rings is 2. The van der Waals surface area contributed by atoms with Crippen LogP contribution in [-0.4, -0.2) is 42.9 Å². The van der Waals surface area contributed by atoms with Gasteiger partial charge in [0.05, 0.1) is 10.6 Å². The molecule has 0 saturated heterocycles. The van der Waals surface area contributed by atoms with E-state index in [1.807, 2.05) is 6.07 Å². The number of hydrogen-bond acceptors (Lipinski definition) is 4. The van der Waals surface area contributed by atoms with E-state index in [2.05, 4.69) is 29.4 Å². The molecule has 0 fully saturated rings. The number of carbonyl (C=O) groups excluding carboxylic acids is 2. The molecule has 2 aromatic rings. The average molecular weight is 470 g/mol. The summed E-state index contributed by atoms with van der Waals surface area (Å²) in [5.41, 5.74) is 1.46. The minimum Gasteiger partial charge on any atom is -0.351 e. The maximum atomic E-state index is 14.0. The number of amides is 2. The molecule has 2 amide bonds. The fourth-order valence-corrected chi connectivity index (χ4v) is 4.49. The van der Waals surface area contributed by atoms with E-state index >= 15 is 0 Å². The Labute approximate surface area is 199 Å². The van der Waals surface area contributed by atoms with E-state index in [1.165, 1.54) is 17.8 Å². The number of fused-ring (bicyclic) bond motifs is 1. The molecule has 7 heteroatoms. The van der Waals surface area contributed by atoms with Crippen molar-refractivity contribution in [3.63, 3.8) is 0 Å². The maximum Gasteiger partial charge on any atom is 0.262 e. The zero-order valence-corrected chi connectivity index (χ0v) is 20.1. The molecule has 0 saturated carbocycles. The van der Waals surface area contributed by atoms with Crippen molar-refractivity contribution < 1.29 is 14.0 Å². The van der Waals surface area contributed by atoms with E-state index in [-0.39, 0.29) is 17.6 Å². The first-order valence-electron chi connectivity index (χ1n) is 11.6. The normalized spacial score (nSPS) is 14.3. The van der Waals surface area contributed by atoms with Gasteiger partial charge in [-0.2, -0.15) is 0 Å². The fourth-order valence-electron chi connectivity index (χ4n) is 3.56. The van der Waals surface area contributed by atoms with Gasteiger partial charge >= 0.3 is 0 Å². The highest BCUT2D eigenvalue weighted by atomic mass is 32.2. The Hall–Kier alpha value is -2.64.